The van der Waals surface area contributed by atoms with Crippen molar-refractivity contribution in [1.29, 1.82) is 0 Å². The predicted molar refractivity (Wildman–Crippen MR) is 82.5 cm³/mol. The third kappa shape index (κ3) is 3.05. The Hall–Kier alpha value is -0.910. The topological polar surface area (TPSA) is 63.4 Å². The molecule has 20 heavy (non-hydrogen) atoms. The molecule has 1 aliphatic rings. The maximum Gasteiger partial charge on any atom is 0.151 e. The van der Waals surface area contributed by atoms with Gasteiger partial charge in [0.05, 0.1) is 11.5 Å². The van der Waals surface area contributed by atoms with E-state index in [1.165, 1.54) is 16.7 Å². The highest BCUT2D eigenvalue weighted by Gasteiger charge is 2.34. The van der Waals surface area contributed by atoms with E-state index >= 15 is 0 Å². The summed E-state index contributed by atoms with van der Waals surface area (Å²) in [4.78, 5) is 2.15. The fourth-order valence-corrected chi connectivity index (χ4v) is 4.78. The molecule has 2 rings (SSSR count). The Labute approximate surface area is 121 Å². The third-order valence-corrected chi connectivity index (χ3v) is 6.26. The van der Waals surface area contributed by atoms with Crippen LogP contribution in [0.1, 0.15) is 29.2 Å². The van der Waals surface area contributed by atoms with Crippen molar-refractivity contribution in [3.05, 3.63) is 34.9 Å². The standard InChI is InChI=1S/C15H24N2O2S/c1-11-5-4-6-14(12(11)2)15(9-16)17(3)13-7-8-20(18,19)10-13/h4-6,13,15H,7-10,16H2,1-3H3. The Morgan fingerprint density at radius 3 is 2.65 bits per heavy atom. The van der Waals surface area contributed by atoms with E-state index in [1.807, 2.05) is 13.1 Å². The average molecular weight is 296 g/mol. The van der Waals surface area contributed by atoms with Crippen LogP contribution in [0.3, 0.4) is 0 Å². The summed E-state index contributed by atoms with van der Waals surface area (Å²) in [5, 5.41) is 0. The van der Waals surface area contributed by atoms with Crippen LogP contribution in [0, 0.1) is 13.8 Å². The molecular formula is C15H24N2O2S. The molecule has 1 aromatic carbocycles. The summed E-state index contributed by atoms with van der Waals surface area (Å²) < 4.78 is 23.3. The van der Waals surface area contributed by atoms with Crippen molar-refractivity contribution in [3.8, 4) is 0 Å². The van der Waals surface area contributed by atoms with Crippen molar-refractivity contribution in [1.82, 2.24) is 4.90 Å². The second kappa shape index (κ2) is 5.84. The van der Waals surface area contributed by atoms with E-state index in [1.54, 1.807) is 0 Å². The van der Waals surface area contributed by atoms with Gasteiger partial charge in [0.2, 0.25) is 0 Å². The zero-order valence-electron chi connectivity index (χ0n) is 12.5. The van der Waals surface area contributed by atoms with Crippen LogP contribution in [0.4, 0.5) is 0 Å². The molecule has 1 aliphatic heterocycles. The second-order valence-electron chi connectivity index (χ2n) is 5.76. The highest BCUT2D eigenvalue weighted by molar-refractivity contribution is 7.91. The minimum Gasteiger partial charge on any atom is -0.329 e. The summed E-state index contributed by atoms with van der Waals surface area (Å²) in [7, 11) is -0.874. The molecule has 0 saturated carbocycles. The van der Waals surface area contributed by atoms with Crippen molar-refractivity contribution in [2.45, 2.75) is 32.4 Å². The van der Waals surface area contributed by atoms with Crippen LogP contribution in [-0.4, -0.2) is 44.5 Å². The van der Waals surface area contributed by atoms with Gasteiger partial charge in [-0.25, -0.2) is 8.42 Å². The van der Waals surface area contributed by atoms with Gasteiger partial charge in [-0.1, -0.05) is 18.2 Å². The highest BCUT2D eigenvalue weighted by atomic mass is 32.2. The zero-order valence-corrected chi connectivity index (χ0v) is 13.3. The molecule has 0 aromatic heterocycles. The van der Waals surface area contributed by atoms with Crippen LogP contribution < -0.4 is 5.73 Å². The van der Waals surface area contributed by atoms with Crippen molar-refractivity contribution >= 4 is 9.84 Å². The first-order chi connectivity index (χ1) is 9.35. The van der Waals surface area contributed by atoms with Crippen LogP contribution in [-0.2, 0) is 9.84 Å². The molecule has 0 aliphatic carbocycles. The molecule has 0 bridgehead atoms. The van der Waals surface area contributed by atoms with E-state index in [0.717, 1.165) is 0 Å². The number of sulfone groups is 1. The van der Waals surface area contributed by atoms with E-state index in [-0.39, 0.29) is 17.8 Å². The number of hydrogen-bond acceptors (Lipinski definition) is 4. The molecule has 1 aromatic rings. The van der Waals surface area contributed by atoms with Crippen LogP contribution in [0.15, 0.2) is 18.2 Å². The molecule has 0 radical (unpaired) electrons. The number of nitrogens with zero attached hydrogens (tertiary/aromatic N) is 1. The molecule has 2 atom stereocenters. The molecule has 112 valence electrons. The van der Waals surface area contributed by atoms with Crippen molar-refractivity contribution in [2.24, 2.45) is 5.73 Å². The summed E-state index contributed by atoms with van der Waals surface area (Å²) in [6.45, 7) is 4.69. The Balaban J connectivity index is 2.26. The molecule has 1 saturated heterocycles. The van der Waals surface area contributed by atoms with Gasteiger partial charge in [-0.3, -0.25) is 4.90 Å². The van der Waals surface area contributed by atoms with Crippen molar-refractivity contribution in [3.63, 3.8) is 0 Å². The van der Waals surface area contributed by atoms with Gasteiger partial charge in [-0.05, 0) is 44.0 Å². The summed E-state index contributed by atoms with van der Waals surface area (Å²) in [5.41, 5.74) is 9.67. The molecule has 4 nitrogen and oxygen atoms in total. The molecule has 2 unspecified atom stereocenters. The monoisotopic (exact) mass is 296 g/mol. The van der Waals surface area contributed by atoms with Crippen LogP contribution in [0.5, 0.6) is 0 Å². The van der Waals surface area contributed by atoms with Crippen LogP contribution in [0.2, 0.25) is 0 Å². The van der Waals surface area contributed by atoms with Gasteiger partial charge < -0.3 is 5.73 Å². The van der Waals surface area contributed by atoms with Crippen molar-refractivity contribution in [2.75, 3.05) is 25.1 Å². The third-order valence-electron chi connectivity index (χ3n) is 4.50. The Bertz CT molecular complexity index is 584. The molecule has 0 spiro atoms. The zero-order chi connectivity index (χ0) is 14.9. The van der Waals surface area contributed by atoms with Gasteiger partial charge >= 0.3 is 0 Å². The Morgan fingerprint density at radius 2 is 2.10 bits per heavy atom. The van der Waals surface area contributed by atoms with E-state index in [4.69, 9.17) is 5.73 Å². The SMILES string of the molecule is Cc1cccc(C(CN)N(C)C2CCS(=O)(=O)C2)c1C. The smallest absolute Gasteiger partial charge is 0.151 e. The number of hydrogen-bond donors (Lipinski definition) is 1. The van der Waals surface area contributed by atoms with Gasteiger partial charge in [-0.2, -0.15) is 0 Å². The van der Waals surface area contributed by atoms with Gasteiger partial charge in [-0.15, -0.1) is 0 Å². The molecule has 5 heteroatoms. The summed E-state index contributed by atoms with van der Waals surface area (Å²) in [6.07, 6.45) is 0.709. The summed E-state index contributed by atoms with van der Waals surface area (Å²) in [6, 6.07) is 6.38. The van der Waals surface area contributed by atoms with E-state index in [0.29, 0.717) is 18.7 Å². The average Bonchev–Trinajstić information content (AvgIpc) is 2.75. The number of likely N-dealkylation sites (N-methyl/N-ethyl adjacent to an activating group) is 1. The normalized spacial score (nSPS) is 23.1. The van der Waals surface area contributed by atoms with Crippen LogP contribution >= 0.6 is 0 Å². The quantitative estimate of drug-likeness (QED) is 0.913. The lowest BCUT2D eigenvalue weighted by Crippen LogP contribution is -2.39. The van der Waals surface area contributed by atoms with Crippen LogP contribution in [0.25, 0.3) is 0 Å². The van der Waals surface area contributed by atoms with Gasteiger partial charge in [0, 0.05) is 18.6 Å². The fourth-order valence-electron chi connectivity index (χ4n) is 3.00. The first kappa shape index (κ1) is 15.5. The number of aryl methyl sites for hydroxylation is 1. The van der Waals surface area contributed by atoms with E-state index in [2.05, 4.69) is 30.9 Å². The first-order valence-corrected chi connectivity index (χ1v) is 8.86. The van der Waals surface area contributed by atoms with Crippen molar-refractivity contribution < 1.29 is 8.42 Å². The minimum absolute atomic E-state index is 0.0770. The van der Waals surface area contributed by atoms with E-state index in [9.17, 15) is 8.42 Å². The van der Waals surface area contributed by atoms with Gasteiger partial charge in [0.15, 0.2) is 9.84 Å². The minimum atomic E-state index is -2.87. The lowest BCUT2D eigenvalue weighted by atomic mass is 9.95. The molecule has 1 fully saturated rings. The molecular weight excluding hydrogens is 272 g/mol. The second-order valence-corrected chi connectivity index (χ2v) is 7.99. The van der Waals surface area contributed by atoms with Gasteiger partial charge in [0.1, 0.15) is 0 Å². The lowest BCUT2D eigenvalue weighted by molar-refractivity contribution is 0.192. The Morgan fingerprint density at radius 1 is 1.40 bits per heavy atom. The highest BCUT2D eigenvalue weighted by Crippen LogP contribution is 2.28. The predicted octanol–water partition coefficient (Wildman–Crippen LogP) is 1.42. The molecule has 1 heterocycles. The molecule has 0 amide bonds. The largest absolute Gasteiger partial charge is 0.329 e. The molecule has 2 N–H and O–H groups in total. The number of benzene rings is 1. The lowest BCUT2D eigenvalue weighted by Gasteiger charge is -2.33. The Kier molecular flexibility index (Phi) is 4.52. The van der Waals surface area contributed by atoms with Gasteiger partial charge in [0.25, 0.3) is 0 Å². The summed E-state index contributed by atoms with van der Waals surface area (Å²) >= 11 is 0. The van der Waals surface area contributed by atoms with E-state index < -0.39 is 9.84 Å². The summed E-state index contributed by atoms with van der Waals surface area (Å²) in [5.74, 6) is 0.553. The first-order valence-electron chi connectivity index (χ1n) is 7.04. The number of nitrogens with two attached hydrogens (primary N) is 1. The number of rotatable bonds is 4. The maximum absolute atomic E-state index is 11.7. The fraction of sp³-hybridized carbons (Fsp3) is 0.600. The maximum atomic E-state index is 11.7.